The maximum Gasteiger partial charge on any atom is 0.254 e. The lowest BCUT2D eigenvalue weighted by atomic mass is 10.1. The van der Waals surface area contributed by atoms with Crippen LogP contribution in [0.15, 0.2) is 24.3 Å². The number of hydrogen-bond acceptors (Lipinski definition) is 3. The second kappa shape index (κ2) is 6.05. The molecule has 5 heteroatoms. The Morgan fingerprint density at radius 3 is 2.80 bits per heavy atom. The van der Waals surface area contributed by atoms with E-state index in [1.54, 1.807) is 24.3 Å². The molecule has 0 radical (unpaired) electrons. The number of carbonyl (C=O) groups excluding carboxylic acids is 2. The number of anilines is 1. The molecule has 108 valence electrons. The normalized spacial score (nSPS) is 21.9. The fourth-order valence-electron chi connectivity index (χ4n) is 2.70. The standard InChI is InChI=1S/C15H21N3O2/c1-10-6-12(8-16)9-18(10)15(20)13-4-3-5-14(7-13)17-11(2)19/h3-5,7,10,12H,6,8-9,16H2,1-2H3,(H,17,19). The van der Waals surface area contributed by atoms with Crippen molar-refractivity contribution in [2.24, 2.45) is 11.7 Å². The van der Waals surface area contributed by atoms with Crippen LogP contribution in [-0.2, 0) is 4.79 Å². The largest absolute Gasteiger partial charge is 0.336 e. The van der Waals surface area contributed by atoms with Crippen molar-refractivity contribution in [3.8, 4) is 0 Å². The third-order valence-electron chi connectivity index (χ3n) is 3.69. The third kappa shape index (κ3) is 3.17. The number of hydrogen-bond donors (Lipinski definition) is 2. The van der Waals surface area contributed by atoms with Crippen molar-refractivity contribution in [3.05, 3.63) is 29.8 Å². The molecule has 5 nitrogen and oxygen atoms in total. The third-order valence-corrected chi connectivity index (χ3v) is 3.69. The van der Waals surface area contributed by atoms with Gasteiger partial charge in [0.15, 0.2) is 0 Å². The van der Waals surface area contributed by atoms with Crippen molar-refractivity contribution in [2.45, 2.75) is 26.3 Å². The van der Waals surface area contributed by atoms with E-state index in [1.807, 2.05) is 11.8 Å². The van der Waals surface area contributed by atoms with Gasteiger partial charge < -0.3 is 16.0 Å². The van der Waals surface area contributed by atoms with Crippen LogP contribution in [0.2, 0.25) is 0 Å². The fourth-order valence-corrected chi connectivity index (χ4v) is 2.70. The van der Waals surface area contributed by atoms with Crippen molar-refractivity contribution >= 4 is 17.5 Å². The van der Waals surface area contributed by atoms with Crippen LogP contribution in [0.5, 0.6) is 0 Å². The van der Waals surface area contributed by atoms with E-state index in [2.05, 4.69) is 5.32 Å². The predicted molar refractivity (Wildman–Crippen MR) is 78.4 cm³/mol. The first-order chi connectivity index (χ1) is 9.51. The molecule has 2 amide bonds. The van der Waals surface area contributed by atoms with E-state index in [1.165, 1.54) is 6.92 Å². The van der Waals surface area contributed by atoms with Crippen LogP contribution in [-0.4, -0.2) is 35.8 Å². The summed E-state index contributed by atoms with van der Waals surface area (Å²) in [6.45, 7) is 4.81. The smallest absolute Gasteiger partial charge is 0.254 e. The minimum Gasteiger partial charge on any atom is -0.336 e. The molecule has 1 heterocycles. The molecule has 1 fully saturated rings. The molecule has 0 bridgehead atoms. The van der Waals surface area contributed by atoms with Gasteiger partial charge in [-0.05, 0) is 44.0 Å². The van der Waals surface area contributed by atoms with Crippen LogP contribution in [0.25, 0.3) is 0 Å². The number of nitrogens with zero attached hydrogens (tertiary/aromatic N) is 1. The highest BCUT2D eigenvalue weighted by Gasteiger charge is 2.32. The number of nitrogens with one attached hydrogen (secondary N) is 1. The summed E-state index contributed by atoms with van der Waals surface area (Å²) in [5.41, 5.74) is 6.93. The van der Waals surface area contributed by atoms with Gasteiger partial charge in [-0.1, -0.05) is 6.07 Å². The van der Waals surface area contributed by atoms with Crippen LogP contribution in [0.1, 0.15) is 30.6 Å². The molecular formula is C15H21N3O2. The summed E-state index contributed by atoms with van der Waals surface area (Å²) in [5.74, 6) is 0.237. The van der Waals surface area contributed by atoms with E-state index < -0.39 is 0 Å². The summed E-state index contributed by atoms with van der Waals surface area (Å²) in [6, 6.07) is 7.25. The summed E-state index contributed by atoms with van der Waals surface area (Å²) in [4.78, 5) is 25.5. The Labute approximate surface area is 119 Å². The van der Waals surface area contributed by atoms with Crippen LogP contribution in [0.3, 0.4) is 0 Å². The van der Waals surface area contributed by atoms with E-state index in [0.717, 1.165) is 6.42 Å². The van der Waals surface area contributed by atoms with E-state index >= 15 is 0 Å². The van der Waals surface area contributed by atoms with Gasteiger partial charge in [0.1, 0.15) is 0 Å². The van der Waals surface area contributed by atoms with Crippen LogP contribution in [0, 0.1) is 5.92 Å². The zero-order valence-corrected chi connectivity index (χ0v) is 11.9. The summed E-state index contributed by atoms with van der Waals surface area (Å²) in [5, 5.41) is 2.69. The lowest BCUT2D eigenvalue weighted by Crippen LogP contribution is -2.34. The number of benzene rings is 1. The first-order valence-corrected chi connectivity index (χ1v) is 6.90. The van der Waals surface area contributed by atoms with Gasteiger partial charge >= 0.3 is 0 Å². The van der Waals surface area contributed by atoms with Gasteiger partial charge in [0.2, 0.25) is 5.91 Å². The average Bonchev–Trinajstić information content (AvgIpc) is 2.79. The van der Waals surface area contributed by atoms with Crippen molar-refractivity contribution < 1.29 is 9.59 Å². The summed E-state index contributed by atoms with van der Waals surface area (Å²) in [6.07, 6.45) is 0.952. The maximum atomic E-state index is 12.5. The molecule has 1 aromatic rings. The van der Waals surface area contributed by atoms with Crippen molar-refractivity contribution in [1.82, 2.24) is 4.90 Å². The Bertz CT molecular complexity index is 516. The maximum absolute atomic E-state index is 12.5. The van der Waals surface area contributed by atoms with Crippen molar-refractivity contribution in [1.29, 1.82) is 0 Å². The van der Waals surface area contributed by atoms with Crippen LogP contribution in [0.4, 0.5) is 5.69 Å². The van der Waals surface area contributed by atoms with E-state index in [4.69, 9.17) is 5.73 Å². The van der Waals surface area contributed by atoms with Gasteiger partial charge in [-0.3, -0.25) is 9.59 Å². The molecule has 0 aromatic heterocycles. The lowest BCUT2D eigenvalue weighted by Gasteiger charge is -2.21. The first-order valence-electron chi connectivity index (χ1n) is 6.90. The Hall–Kier alpha value is -1.88. The molecule has 1 saturated heterocycles. The quantitative estimate of drug-likeness (QED) is 0.876. The SMILES string of the molecule is CC(=O)Nc1cccc(C(=O)N2CC(CN)CC2C)c1. The molecule has 2 unspecified atom stereocenters. The molecule has 1 aliphatic heterocycles. The molecule has 0 spiro atoms. The zero-order chi connectivity index (χ0) is 14.7. The minimum absolute atomic E-state index is 0.000604. The van der Waals surface area contributed by atoms with E-state index in [9.17, 15) is 9.59 Å². The fraction of sp³-hybridized carbons (Fsp3) is 0.467. The monoisotopic (exact) mass is 275 g/mol. The van der Waals surface area contributed by atoms with Gasteiger partial charge in [0.25, 0.3) is 5.91 Å². The Morgan fingerprint density at radius 2 is 2.20 bits per heavy atom. The molecule has 20 heavy (non-hydrogen) atoms. The Morgan fingerprint density at radius 1 is 1.45 bits per heavy atom. The molecular weight excluding hydrogens is 254 g/mol. The topological polar surface area (TPSA) is 75.4 Å². The highest BCUT2D eigenvalue weighted by molar-refractivity contribution is 5.97. The average molecular weight is 275 g/mol. The molecule has 3 N–H and O–H groups in total. The second-order valence-corrected chi connectivity index (χ2v) is 5.41. The molecule has 2 atom stereocenters. The number of nitrogens with two attached hydrogens (primary N) is 1. The highest BCUT2D eigenvalue weighted by atomic mass is 16.2. The number of carbonyl (C=O) groups is 2. The Kier molecular flexibility index (Phi) is 4.39. The van der Waals surface area contributed by atoms with Gasteiger partial charge in [-0.25, -0.2) is 0 Å². The van der Waals surface area contributed by atoms with Crippen LogP contribution >= 0.6 is 0 Å². The zero-order valence-electron chi connectivity index (χ0n) is 11.9. The second-order valence-electron chi connectivity index (χ2n) is 5.41. The lowest BCUT2D eigenvalue weighted by molar-refractivity contribution is -0.114. The van der Waals surface area contributed by atoms with E-state index in [0.29, 0.717) is 30.3 Å². The minimum atomic E-state index is -0.146. The van der Waals surface area contributed by atoms with Gasteiger partial charge in [-0.2, -0.15) is 0 Å². The number of likely N-dealkylation sites (tertiary alicyclic amines) is 1. The number of rotatable bonds is 3. The van der Waals surface area contributed by atoms with Gasteiger partial charge in [-0.15, -0.1) is 0 Å². The molecule has 0 saturated carbocycles. The molecule has 1 aromatic carbocycles. The van der Waals surface area contributed by atoms with Crippen molar-refractivity contribution in [2.75, 3.05) is 18.4 Å². The number of amides is 2. The summed E-state index contributed by atoms with van der Waals surface area (Å²) < 4.78 is 0. The predicted octanol–water partition coefficient (Wildman–Crippen LogP) is 1.45. The van der Waals surface area contributed by atoms with Gasteiger partial charge in [0.05, 0.1) is 0 Å². The summed E-state index contributed by atoms with van der Waals surface area (Å²) >= 11 is 0. The van der Waals surface area contributed by atoms with E-state index in [-0.39, 0.29) is 17.9 Å². The molecule has 1 aliphatic rings. The molecule has 0 aliphatic carbocycles. The van der Waals surface area contributed by atoms with Crippen LogP contribution < -0.4 is 11.1 Å². The first kappa shape index (κ1) is 14.5. The Balaban J connectivity index is 2.15. The highest BCUT2D eigenvalue weighted by Crippen LogP contribution is 2.24. The summed E-state index contributed by atoms with van der Waals surface area (Å²) in [7, 11) is 0. The molecule has 2 rings (SSSR count). The van der Waals surface area contributed by atoms with Crippen molar-refractivity contribution in [3.63, 3.8) is 0 Å². The van der Waals surface area contributed by atoms with Gasteiger partial charge in [0, 0.05) is 30.8 Å².